The third kappa shape index (κ3) is 5.32. The van der Waals surface area contributed by atoms with E-state index in [9.17, 15) is 9.59 Å². The second-order valence-corrected chi connectivity index (χ2v) is 8.19. The summed E-state index contributed by atoms with van der Waals surface area (Å²) in [4.78, 5) is 27.9. The zero-order valence-corrected chi connectivity index (χ0v) is 18.5. The minimum atomic E-state index is -0.714. The van der Waals surface area contributed by atoms with Crippen molar-refractivity contribution in [2.24, 2.45) is 5.73 Å². The number of amidine groups is 1. The molecular weight excluding hydrogens is 440 g/mol. The molecule has 1 aliphatic heterocycles. The Hall–Kier alpha value is -3.84. The minimum Gasteiger partial charge on any atom is -0.488 e. The first kappa shape index (κ1) is 22.4. The maximum Gasteiger partial charge on any atom is 0.254 e. The van der Waals surface area contributed by atoms with Crippen LogP contribution in [0.2, 0.25) is 5.02 Å². The molecular formula is C25H23ClN4O3. The third-order valence-corrected chi connectivity index (χ3v) is 5.66. The molecule has 0 bridgehead atoms. The number of hydrogen-bond acceptors (Lipinski definition) is 4. The second-order valence-electron chi connectivity index (χ2n) is 7.75. The first-order valence-electron chi connectivity index (χ1n) is 10.4. The van der Waals surface area contributed by atoms with Crippen LogP contribution in [0.1, 0.15) is 22.3 Å². The fourth-order valence-electron chi connectivity index (χ4n) is 3.79. The fraction of sp³-hybridized carbons (Fsp3) is 0.160. The maximum atomic E-state index is 13.2. The van der Waals surface area contributed by atoms with Gasteiger partial charge in [0.1, 0.15) is 23.7 Å². The molecule has 1 aliphatic rings. The topological polar surface area (TPSA) is 109 Å². The van der Waals surface area contributed by atoms with Gasteiger partial charge in [-0.2, -0.15) is 0 Å². The predicted molar refractivity (Wildman–Crippen MR) is 128 cm³/mol. The molecule has 3 aromatic rings. The van der Waals surface area contributed by atoms with Crippen molar-refractivity contribution in [3.8, 4) is 5.75 Å². The van der Waals surface area contributed by atoms with Gasteiger partial charge in [0.15, 0.2) is 0 Å². The molecule has 1 fully saturated rings. The third-order valence-electron chi connectivity index (χ3n) is 5.41. The summed E-state index contributed by atoms with van der Waals surface area (Å²) in [6.07, 6.45) is -0.0803. The molecule has 4 N–H and O–H groups in total. The van der Waals surface area contributed by atoms with E-state index in [0.29, 0.717) is 34.0 Å². The SMILES string of the molecule is N=C(N)c1cccc(OC2CC(C(=O)Nc3ccc(Cl)cc3)N(C(=O)c3ccccc3)C2)c1. The average Bonchev–Trinajstić information content (AvgIpc) is 3.24. The Bertz CT molecular complexity index is 1170. The molecule has 2 atom stereocenters. The van der Waals surface area contributed by atoms with E-state index in [-0.39, 0.29) is 24.2 Å². The predicted octanol–water partition coefficient (Wildman–Crippen LogP) is 3.92. The number of nitrogens with zero attached hydrogens (tertiary/aromatic N) is 1. The van der Waals surface area contributed by atoms with Crippen LogP contribution < -0.4 is 15.8 Å². The van der Waals surface area contributed by atoms with Crippen LogP contribution >= 0.6 is 11.6 Å². The number of carbonyl (C=O) groups is 2. The zero-order chi connectivity index (χ0) is 23.4. The lowest BCUT2D eigenvalue weighted by Gasteiger charge is -2.23. The number of rotatable bonds is 6. The van der Waals surface area contributed by atoms with Crippen LogP contribution in [0, 0.1) is 5.41 Å². The molecule has 2 amide bonds. The number of nitrogens with one attached hydrogen (secondary N) is 2. The van der Waals surface area contributed by atoms with Crippen LogP contribution in [0.25, 0.3) is 0 Å². The summed E-state index contributed by atoms with van der Waals surface area (Å²) in [5.41, 5.74) is 7.21. The zero-order valence-electron chi connectivity index (χ0n) is 17.7. The highest BCUT2D eigenvalue weighted by Gasteiger charge is 2.41. The highest BCUT2D eigenvalue weighted by Crippen LogP contribution is 2.27. The molecule has 0 saturated carbocycles. The molecule has 168 valence electrons. The Balaban J connectivity index is 1.55. The summed E-state index contributed by atoms with van der Waals surface area (Å²) in [5.74, 6) is -0.0767. The molecule has 3 aromatic carbocycles. The lowest BCUT2D eigenvalue weighted by molar-refractivity contribution is -0.119. The van der Waals surface area contributed by atoms with Crippen LogP contribution in [0.15, 0.2) is 78.9 Å². The summed E-state index contributed by atoms with van der Waals surface area (Å²) >= 11 is 5.93. The number of halogens is 1. The van der Waals surface area contributed by atoms with Crippen LogP contribution in [-0.2, 0) is 4.79 Å². The molecule has 4 rings (SSSR count). The Morgan fingerprint density at radius 2 is 1.70 bits per heavy atom. The molecule has 0 radical (unpaired) electrons. The Morgan fingerprint density at radius 3 is 2.39 bits per heavy atom. The standard InChI is InChI=1S/C25H23ClN4O3/c26-18-9-11-19(12-10-18)29-24(31)22-14-21(33-20-8-4-7-17(13-20)23(27)28)15-30(22)25(32)16-5-2-1-3-6-16/h1-13,21-22H,14-15H2,(H3,27,28)(H,29,31). The molecule has 33 heavy (non-hydrogen) atoms. The van der Waals surface area contributed by atoms with E-state index in [1.807, 2.05) is 6.07 Å². The quantitative estimate of drug-likeness (QED) is 0.381. The molecule has 0 aliphatic carbocycles. The van der Waals surface area contributed by atoms with E-state index in [4.69, 9.17) is 27.5 Å². The molecule has 2 unspecified atom stereocenters. The van der Waals surface area contributed by atoms with E-state index < -0.39 is 12.1 Å². The Labute approximate surface area is 196 Å². The first-order valence-corrected chi connectivity index (χ1v) is 10.8. The van der Waals surface area contributed by atoms with Gasteiger partial charge in [0.25, 0.3) is 5.91 Å². The van der Waals surface area contributed by atoms with Crippen molar-refractivity contribution >= 4 is 34.9 Å². The number of carbonyl (C=O) groups excluding carboxylic acids is 2. The largest absolute Gasteiger partial charge is 0.488 e. The maximum absolute atomic E-state index is 13.2. The number of amides is 2. The van der Waals surface area contributed by atoms with Gasteiger partial charge >= 0.3 is 0 Å². The number of nitrogen functional groups attached to an aromatic ring is 1. The molecule has 0 aromatic heterocycles. The van der Waals surface area contributed by atoms with Crippen LogP contribution in [0.4, 0.5) is 5.69 Å². The second kappa shape index (κ2) is 9.75. The van der Waals surface area contributed by atoms with Gasteiger partial charge in [0, 0.05) is 28.3 Å². The number of hydrogen-bond donors (Lipinski definition) is 3. The van der Waals surface area contributed by atoms with Crippen molar-refractivity contribution in [2.45, 2.75) is 18.6 Å². The van der Waals surface area contributed by atoms with Gasteiger partial charge in [-0.15, -0.1) is 0 Å². The van der Waals surface area contributed by atoms with Crippen LogP contribution in [0.3, 0.4) is 0 Å². The lowest BCUT2D eigenvalue weighted by atomic mass is 10.1. The van der Waals surface area contributed by atoms with Crippen LogP contribution in [-0.4, -0.2) is 41.2 Å². The van der Waals surface area contributed by atoms with Crippen molar-refractivity contribution in [1.82, 2.24) is 4.90 Å². The van der Waals surface area contributed by atoms with E-state index >= 15 is 0 Å². The van der Waals surface area contributed by atoms with Gasteiger partial charge in [-0.05, 0) is 48.5 Å². The number of likely N-dealkylation sites (tertiary alicyclic amines) is 1. The number of nitrogens with two attached hydrogens (primary N) is 1. The summed E-state index contributed by atoms with van der Waals surface area (Å²) in [6, 6.07) is 21.8. The lowest BCUT2D eigenvalue weighted by Crippen LogP contribution is -2.43. The Morgan fingerprint density at radius 1 is 1.00 bits per heavy atom. The Kier molecular flexibility index (Phi) is 6.60. The van der Waals surface area contributed by atoms with Crippen molar-refractivity contribution in [3.63, 3.8) is 0 Å². The molecule has 1 heterocycles. The van der Waals surface area contributed by atoms with Gasteiger partial charge in [0.05, 0.1) is 6.54 Å². The summed E-state index contributed by atoms with van der Waals surface area (Å²) < 4.78 is 6.09. The molecule has 0 spiro atoms. The van der Waals surface area contributed by atoms with Crippen molar-refractivity contribution in [2.75, 3.05) is 11.9 Å². The minimum absolute atomic E-state index is 0.0621. The molecule has 7 nitrogen and oxygen atoms in total. The average molecular weight is 463 g/mol. The van der Waals surface area contributed by atoms with Gasteiger partial charge in [0.2, 0.25) is 5.91 Å². The van der Waals surface area contributed by atoms with Crippen LogP contribution in [0.5, 0.6) is 5.75 Å². The fourth-order valence-corrected chi connectivity index (χ4v) is 3.92. The molecule has 8 heteroatoms. The monoisotopic (exact) mass is 462 g/mol. The van der Waals surface area contributed by atoms with Gasteiger partial charge in [-0.1, -0.05) is 41.9 Å². The van der Waals surface area contributed by atoms with E-state index in [0.717, 1.165) is 0 Å². The van der Waals surface area contributed by atoms with Gasteiger partial charge in [-0.3, -0.25) is 15.0 Å². The summed E-state index contributed by atoms with van der Waals surface area (Å²) in [5, 5.41) is 11.0. The van der Waals surface area contributed by atoms with E-state index in [1.165, 1.54) is 0 Å². The molecule has 1 saturated heterocycles. The van der Waals surface area contributed by atoms with Gasteiger partial charge in [-0.25, -0.2) is 0 Å². The summed E-state index contributed by atoms with van der Waals surface area (Å²) in [7, 11) is 0. The highest BCUT2D eigenvalue weighted by atomic mass is 35.5. The first-order chi connectivity index (χ1) is 15.9. The smallest absolute Gasteiger partial charge is 0.254 e. The van der Waals surface area contributed by atoms with Gasteiger partial charge < -0.3 is 20.7 Å². The highest BCUT2D eigenvalue weighted by molar-refractivity contribution is 6.30. The van der Waals surface area contributed by atoms with Crippen molar-refractivity contribution in [3.05, 3.63) is 95.0 Å². The normalized spacial score (nSPS) is 17.4. The summed E-state index contributed by atoms with van der Waals surface area (Å²) in [6.45, 7) is 0.247. The van der Waals surface area contributed by atoms with Crippen molar-refractivity contribution < 1.29 is 14.3 Å². The number of benzene rings is 3. The number of anilines is 1. The van der Waals surface area contributed by atoms with E-state index in [1.54, 1.807) is 77.7 Å². The van der Waals surface area contributed by atoms with Crippen molar-refractivity contribution in [1.29, 1.82) is 5.41 Å². The van der Waals surface area contributed by atoms with E-state index in [2.05, 4.69) is 5.32 Å². The number of ether oxygens (including phenoxy) is 1.